The number of methoxy groups -OCH3 is 1. The van der Waals surface area contributed by atoms with Crippen molar-refractivity contribution < 1.29 is 69.3 Å². The first-order chi connectivity index (χ1) is 19.1. The number of fused-ring (bicyclic) bond motifs is 2. The van der Waals surface area contributed by atoms with Gasteiger partial charge >= 0.3 is 0 Å². The molecule has 3 heterocycles. The number of phenols is 1. The van der Waals surface area contributed by atoms with E-state index in [0.29, 0.717) is 27.6 Å². The van der Waals surface area contributed by atoms with Gasteiger partial charge in [0.25, 0.3) is 0 Å². The summed E-state index contributed by atoms with van der Waals surface area (Å²) in [5.41, 5.74) is 0.983. The minimum atomic E-state index is -1.73. The van der Waals surface area contributed by atoms with Crippen LogP contribution >= 0.6 is 0 Å². The van der Waals surface area contributed by atoms with Crippen LogP contribution in [-0.2, 0) is 25.6 Å². The predicted molar refractivity (Wildman–Crippen MR) is 132 cm³/mol. The smallest absolute Gasteiger partial charge is 0.229 e. The number of aliphatic hydroxyl groups is 7. The largest absolute Gasteiger partial charge is 0.507 e. The number of hydrogen-bond donors (Lipinski definition) is 8. The number of phenolic OH excluding ortho intramolecular Hbond substituents is 1. The van der Waals surface area contributed by atoms with Crippen LogP contribution in [0.4, 0.5) is 0 Å². The fourth-order valence-electron chi connectivity index (χ4n) is 5.37. The maximum Gasteiger partial charge on any atom is 0.229 e. The Morgan fingerprint density at radius 1 is 0.875 bits per heavy atom. The van der Waals surface area contributed by atoms with Crippen LogP contribution in [0.3, 0.4) is 0 Å². The van der Waals surface area contributed by atoms with Crippen LogP contribution in [0.1, 0.15) is 24.2 Å². The molecule has 3 aliphatic rings. The zero-order valence-corrected chi connectivity index (χ0v) is 21.7. The average molecular weight is 571 g/mol. The van der Waals surface area contributed by atoms with Gasteiger partial charge in [-0.25, -0.2) is 0 Å². The number of rotatable bonds is 7. The lowest BCUT2D eigenvalue weighted by Crippen LogP contribution is -2.62. The zero-order valence-electron chi connectivity index (χ0n) is 21.7. The van der Waals surface area contributed by atoms with Gasteiger partial charge in [-0.3, -0.25) is 0 Å². The van der Waals surface area contributed by atoms with Gasteiger partial charge in [0.2, 0.25) is 6.29 Å². The Labute approximate surface area is 228 Å². The van der Waals surface area contributed by atoms with E-state index in [-0.39, 0.29) is 18.1 Å². The summed E-state index contributed by atoms with van der Waals surface area (Å²) in [7, 11) is 1.45. The van der Waals surface area contributed by atoms with Crippen LogP contribution in [0.5, 0.6) is 17.2 Å². The van der Waals surface area contributed by atoms with Crippen molar-refractivity contribution in [1.82, 2.24) is 0 Å². The Balaban J connectivity index is 1.41. The Bertz CT molecular complexity index is 1210. The quantitative estimate of drug-likeness (QED) is 0.183. The molecule has 0 radical (unpaired) electrons. The molecule has 0 amide bonds. The third-order valence-corrected chi connectivity index (χ3v) is 7.64. The van der Waals surface area contributed by atoms with Gasteiger partial charge in [0.1, 0.15) is 66.1 Å². The van der Waals surface area contributed by atoms with Crippen molar-refractivity contribution in [3.63, 3.8) is 0 Å². The molecule has 8 N–H and O–H groups in total. The molecule has 14 nitrogen and oxygen atoms in total. The van der Waals surface area contributed by atoms with Crippen LogP contribution in [0, 0.1) is 0 Å². The molecule has 40 heavy (non-hydrogen) atoms. The zero-order chi connectivity index (χ0) is 28.9. The SMILES string of the molecule is COc1cccc2c(O[C@@H]3O[C@H](CO[C@@H]4O[C@H](CO)[C@@H](O)[C@H](O)[C@H]4O)[C@@H](O)[C@H](O)[C@H]3O)c3c(c(O)c12)[C@H](C)OC3. The van der Waals surface area contributed by atoms with Gasteiger partial charge in [0.15, 0.2) is 6.29 Å². The minimum absolute atomic E-state index is 0.0360. The molecular weight excluding hydrogens is 536 g/mol. The molecule has 0 aliphatic carbocycles. The molecule has 0 unspecified atom stereocenters. The average Bonchev–Trinajstić information content (AvgIpc) is 3.35. The Hall–Kier alpha value is -2.34. The highest BCUT2D eigenvalue weighted by Gasteiger charge is 2.48. The summed E-state index contributed by atoms with van der Waals surface area (Å²) in [5, 5.41) is 83.3. The Kier molecular flexibility index (Phi) is 8.39. The number of benzene rings is 2. The molecule has 222 valence electrons. The summed E-state index contributed by atoms with van der Waals surface area (Å²) in [6.45, 7) is 0.682. The molecule has 0 aromatic heterocycles. The van der Waals surface area contributed by atoms with Crippen molar-refractivity contribution in [2.75, 3.05) is 20.3 Å². The van der Waals surface area contributed by atoms with E-state index in [2.05, 4.69) is 0 Å². The van der Waals surface area contributed by atoms with Gasteiger partial charge in [-0.2, -0.15) is 0 Å². The van der Waals surface area contributed by atoms with Crippen molar-refractivity contribution in [1.29, 1.82) is 0 Å². The topological polar surface area (TPSA) is 217 Å². The molecule has 0 bridgehead atoms. The maximum absolute atomic E-state index is 11.1. The van der Waals surface area contributed by atoms with Crippen molar-refractivity contribution >= 4 is 10.8 Å². The lowest BCUT2D eigenvalue weighted by Gasteiger charge is -2.42. The van der Waals surface area contributed by atoms with Gasteiger partial charge in [-0.1, -0.05) is 12.1 Å². The Morgan fingerprint density at radius 2 is 1.52 bits per heavy atom. The second-order valence-electron chi connectivity index (χ2n) is 10.1. The third kappa shape index (κ3) is 4.88. The highest BCUT2D eigenvalue weighted by Crippen LogP contribution is 2.50. The van der Waals surface area contributed by atoms with Gasteiger partial charge in [-0.05, 0) is 13.0 Å². The van der Waals surface area contributed by atoms with E-state index < -0.39 is 80.7 Å². The molecular formula is C26H34O14. The van der Waals surface area contributed by atoms with Crippen LogP contribution < -0.4 is 9.47 Å². The first kappa shape index (κ1) is 29.2. The van der Waals surface area contributed by atoms with E-state index in [1.54, 1.807) is 25.1 Å². The van der Waals surface area contributed by atoms with E-state index in [1.807, 2.05) is 0 Å². The predicted octanol–water partition coefficient (Wildman–Crippen LogP) is -1.85. The fraction of sp³-hybridized carbons (Fsp3) is 0.615. The molecule has 2 fully saturated rings. The molecule has 0 spiro atoms. The van der Waals surface area contributed by atoms with Crippen molar-refractivity contribution in [2.45, 2.75) is 81.0 Å². The summed E-state index contributed by atoms with van der Waals surface area (Å²) >= 11 is 0. The van der Waals surface area contributed by atoms with Crippen LogP contribution in [0.2, 0.25) is 0 Å². The van der Waals surface area contributed by atoms with Crippen molar-refractivity contribution in [2.24, 2.45) is 0 Å². The second kappa shape index (κ2) is 11.5. The first-order valence-corrected chi connectivity index (χ1v) is 12.8. The highest BCUT2D eigenvalue weighted by molar-refractivity contribution is 6.00. The lowest BCUT2D eigenvalue weighted by atomic mass is 9.95. The molecule has 14 heteroatoms. The normalized spacial score (nSPS) is 37.9. The second-order valence-corrected chi connectivity index (χ2v) is 10.1. The van der Waals surface area contributed by atoms with Gasteiger partial charge < -0.3 is 69.3 Å². The molecule has 5 rings (SSSR count). The summed E-state index contributed by atoms with van der Waals surface area (Å²) in [4.78, 5) is 0. The monoisotopic (exact) mass is 570 g/mol. The number of hydrogen-bond acceptors (Lipinski definition) is 14. The lowest BCUT2D eigenvalue weighted by molar-refractivity contribution is -0.323. The summed E-state index contributed by atoms with van der Waals surface area (Å²) in [6.07, 6.45) is -16.1. The van der Waals surface area contributed by atoms with Crippen LogP contribution in [-0.4, -0.2) is 123 Å². The van der Waals surface area contributed by atoms with E-state index in [1.165, 1.54) is 7.11 Å². The first-order valence-electron chi connectivity index (χ1n) is 12.8. The fourth-order valence-corrected chi connectivity index (χ4v) is 5.37. The third-order valence-electron chi connectivity index (χ3n) is 7.64. The highest BCUT2D eigenvalue weighted by atomic mass is 16.7. The maximum atomic E-state index is 11.1. The van der Waals surface area contributed by atoms with Crippen molar-refractivity contribution in [3.8, 4) is 17.2 Å². The molecule has 2 aromatic rings. The van der Waals surface area contributed by atoms with E-state index in [0.717, 1.165) is 0 Å². The van der Waals surface area contributed by atoms with E-state index >= 15 is 0 Å². The number of ether oxygens (including phenoxy) is 6. The molecule has 0 saturated carbocycles. The summed E-state index contributed by atoms with van der Waals surface area (Å²) < 4.78 is 33.9. The molecule has 3 aliphatic heterocycles. The molecule has 11 atom stereocenters. The summed E-state index contributed by atoms with van der Waals surface area (Å²) in [5.74, 6) is 0.548. The van der Waals surface area contributed by atoms with E-state index in [4.69, 9.17) is 28.4 Å². The van der Waals surface area contributed by atoms with Gasteiger partial charge in [0.05, 0.1) is 38.4 Å². The number of aliphatic hydroxyl groups excluding tert-OH is 7. The van der Waals surface area contributed by atoms with Crippen LogP contribution in [0.15, 0.2) is 18.2 Å². The van der Waals surface area contributed by atoms with Crippen molar-refractivity contribution in [3.05, 3.63) is 29.3 Å². The van der Waals surface area contributed by atoms with Crippen LogP contribution in [0.25, 0.3) is 10.8 Å². The minimum Gasteiger partial charge on any atom is -0.507 e. The van der Waals surface area contributed by atoms with Gasteiger partial charge in [0, 0.05) is 16.5 Å². The molecule has 2 saturated heterocycles. The summed E-state index contributed by atoms with van der Waals surface area (Å²) in [6, 6.07) is 5.03. The molecule has 2 aromatic carbocycles. The van der Waals surface area contributed by atoms with E-state index in [9.17, 15) is 40.9 Å². The van der Waals surface area contributed by atoms with Gasteiger partial charge in [-0.15, -0.1) is 0 Å². The Morgan fingerprint density at radius 3 is 2.20 bits per heavy atom. The standard InChI is InChI=1S/C26H34O14/c1-9-15-11(7-36-9)24(10-4-3-5-12(35-2)16(10)19(15)30)40-26-23(34)21(32)18(29)14(39-26)8-37-25-22(33)20(31)17(28)13(6-27)38-25/h3-5,9,13-14,17-18,20-23,25-34H,6-8H2,1-2H3/t9-,13+,14+,17+,18+,20-,21-,22+,23+,25+,26-/m0/s1. The number of aromatic hydroxyl groups is 1.